The molecule has 1 amide bonds. The highest BCUT2D eigenvalue weighted by atomic mass is 35.5. The van der Waals surface area contributed by atoms with Crippen LogP contribution >= 0.6 is 11.6 Å². The van der Waals surface area contributed by atoms with Crippen LogP contribution in [0.2, 0.25) is 5.02 Å². The number of amides is 1. The highest BCUT2D eigenvalue weighted by Gasteiger charge is 2.13. The van der Waals surface area contributed by atoms with Gasteiger partial charge in [-0.3, -0.25) is 4.79 Å². The van der Waals surface area contributed by atoms with Gasteiger partial charge in [0.2, 0.25) is 0 Å². The van der Waals surface area contributed by atoms with Crippen molar-refractivity contribution >= 4 is 17.5 Å². The average molecular weight is 292 g/mol. The standard InChI is InChI=1S/C15H14ClNO3/c1-19-13-6-4-10(16)8-12(13)9-3-5-11(15(17)18)14(7-9)20-2/h3-8H,1-2H3,(H2,17,18). The van der Waals surface area contributed by atoms with Crippen molar-refractivity contribution < 1.29 is 14.3 Å². The maximum atomic E-state index is 11.3. The molecule has 0 aliphatic heterocycles. The average Bonchev–Trinajstić information content (AvgIpc) is 2.46. The minimum Gasteiger partial charge on any atom is -0.496 e. The summed E-state index contributed by atoms with van der Waals surface area (Å²) >= 11 is 6.02. The van der Waals surface area contributed by atoms with E-state index >= 15 is 0 Å². The van der Waals surface area contributed by atoms with E-state index in [1.165, 1.54) is 7.11 Å². The molecule has 2 aromatic rings. The van der Waals surface area contributed by atoms with Gasteiger partial charge in [-0.25, -0.2) is 0 Å². The van der Waals surface area contributed by atoms with Crippen LogP contribution in [0.1, 0.15) is 10.4 Å². The summed E-state index contributed by atoms with van der Waals surface area (Å²) in [6, 6.07) is 10.5. The lowest BCUT2D eigenvalue weighted by molar-refractivity contribution is 0.0997. The van der Waals surface area contributed by atoms with Crippen molar-refractivity contribution in [2.75, 3.05) is 14.2 Å². The SMILES string of the molecule is COc1cc(-c2cc(Cl)ccc2OC)ccc1C(N)=O. The number of halogens is 1. The van der Waals surface area contributed by atoms with E-state index in [-0.39, 0.29) is 0 Å². The number of methoxy groups -OCH3 is 2. The van der Waals surface area contributed by atoms with Gasteiger partial charge in [0.15, 0.2) is 0 Å². The molecule has 104 valence electrons. The van der Waals surface area contributed by atoms with E-state index in [0.717, 1.165) is 11.1 Å². The number of rotatable bonds is 4. The third-order valence-electron chi connectivity index (χ3n) is 2.94. The Labute approximate surface area is 122 Å². The van der Waals surface area contributed by atoms with E-state index in [4.69, 9.17) is 26.8 Å². The second-order valence-electron chi connectivity index (χ2n) is 4.12. The summed E-state index contributed by atoms with van der Waals surface area (Å²) in [4.78, 5) is 11.3. The third-order valence-corrected chi connectivity index (χ3v) is 3.17. The van der Waals surface area contributed by atoms with Crippen molar-refractivity contribution in [3.8, 4) is 22.6 Å². The molecule has 20 heavy (non-hydrogen) atoms. The molecular formula is C15H14ClNO3. The zero-order valence-corrected chi connectivity index (χ0v) is 11.9. The predicted octanol–water partition coefficient (Wildman–Crippen LogP) is 3.12. The minimum atomic E-state index is -0.536. The second kappa shape index (κ2) is 5.84. The Morgan fingerprint density at radius 1 is 1.05 bits per heavy atom. The summed E-state index contributed by atoms with van der Waals surface area (Å²) in [6.45, 7) is 0. The van der Waals surface area contributed by atoms with E-state index in [0.29, 0.717) is 22.1 Å². The molecule has 5 heteroatoms. The van der Waals surface area contributed by atoms with Gasteiger partial charge < -0.3 is 15.2 Å². The van der Waals surface area contributed by atoms with Crippen molar-refractivity contribution in [1.82, 2.24) is 0 Å². The molecule has 0 aliphatic carbocycles. The molecule has 2 N–H and O–H groups in total. The molecule has 0 radical (unpaired) electrons. The number of ether oxygens (including phenoxy) is 2. The van der Waals surface area contributed by atoms with Gasteiger partial charge in [0.1, 0.15) is 11.5 Å². The molecule has 0 aliphatic rings. The summed E-state index contributed by atoms with van der Waals surface area (Å²) < 4.78 is 10.5. The van der Waals surface area contributed by atoms with Gasteiger partial charge >= 0.3 is 0 Å². The molecule has 0 atom stereocenters. The molecule has 2 rings (SSSR count). The lowest BCUT2D eigenvalue weighted by atomic mass is 10.0. The highest BCUT2D eigenvalue weighted by molar-refractivity contribution is 6.31. The van der Waals surface area contributed by atoms with Crippen LogP contribution in [0.15, 0.2) is 36.4 Å². The van der Waals surface area contributed by atoms with E-state index in [1.54, 1.807) is 43.5 Å². The molecule has 0 fully saturated rings. The number of hydrogen-bond acceptors (Lipinski definition) is 3. The van der Waals surface area contributed by atoms with Crippen LogP contribution in [-0.4, -0.2) is 20.1 Å². The van der Waals surface area contributed by atoms with Crippen LogP contribution in [0.5, 0.6) is 11.5 Å². The number of benzene rings is 2. The molecular weight excluding hydrogens is 278 g/mol. The molecule has 0 heterocycles. The quantitative estimate of drug-likeness (QED) is 0.941. The van der Waals surface area contributed by atoms with Crippen LogP contribution < -0.4 is 15.2 Å². The Morgan fingerprint density at radius 2 is 1.75 bits per heavy atom. The minimum absolute atomic E-state index is 0.331. The first-order valence-corrected chi connectivity index (χ1v) is 6.26. The topological polar surface area (TPSA) is 61.6 Å². The molecule has 0 aromatic heterocycles. The Hall–Kier alpha value is -2.20. The largest absolute Gasteiger partial charge is 0.496 e. The zero-order chi connectivity index (χ0) is 14.7. The summed E-state index contributed by atoms with van der Waals surface area (Å²) in [6.07, 6.45) is 0. The van der Waals surface area contributed by atoms with Gasteiger partial charge in [-0.1, -0.05) is 17.7 Å². The Bertz CT molecular complexity index is 656. The smallest absolute Gasteiger partial charge is 0.252 e. The van der Waals surface area contributed by atoms with Crippen molar-refractivity contribution in [2.24, 2.45) is 5.73 Å². The summed E-state index contributed by atoms with van der Waals surface area (Å²) in [5, 5.41) is 0.596. The summed E-state index contributed by atoms with van der Waals surface area (Å²) in [5.74, 6) is 0.562. The van der Waals surface area contributed by atoms with Crippen LogP contribution in [-0.2, 0) is 0 Å². The number of primary amides is 1. The van der Waals surface area contributed by atoms with Crippen molar-refractivity contribution in [3.63, 3.8) is 0 Å². The van der Waals surface area contributed by atoms with Gasteiger partial charge in [0, 0.05) is 10.6 Å². The Kier molecular flexibility index (Phi) is 4.15. The van der Waals surface area contributed by atoms with E-state index in [2.05, 4.69) is 0 Å². The van der Waals surface area contributed by atoms with E-state index < -0.39 is 5.91 Å². The zero-order valence-electron chi connectivity index (χ0n) is 11.1. The predicted molar refractivity (Wildman–Crippen MR) is 78.5 cm³/mol. The Morgan fingerprint density at radius 3 is 2.35 bits per heavy atom. The molecule has 0 saturated heterocycles. The van der Waals surface area contributed by atoms with Gasteiger partial charge in [0.05, 0.1) is 19.8 Å². The Balaban J connectivity index is 2.59. The van der Waals surface area contributed by atoms with Crippen LogP contribution in [0, 0.1) is 0 Å². The summed E-state index contributed by atoms with van der Waals surface area (Å²) in [5.41, 5.74) is 7.26. The molecule has 4 nitrogen and oxygen atoms in total. The first-order valence-electron chi connectivity index (χ1n) is 5.88. The molecule has 0 spiro atoms. The number of carbonyl (C=O) groups excluding carboxylic acids is 1. The van der Waals surface area contributed by atoms with Gasteiger partial charge in [-0.05, 0) is 35.9 Å². The molecule has 0 saturated carbocycles. The van der Waals surface area contributed by atoms with Crippen molar-refractivity contribution in [2.45, 2.75) is 0 Å². The van der Waals surface area contributed by atoms with E-state index in [9.17, 15) is 4.79 Å². The fraction of sp³-hybridized carbons (Fsp3) is 0.133. The normalized spacial score (nSPS) is 10.2. The fourth-order valence-electron chi connectivity index (χ4n) is 1.97. The second-order valence-corrected chi connectivity index (χ2v) is 4.56. The maximum Gasteiger partial charge on any atom is 0.252 e. The van der Waals surface area contributed by atoms with Crippen molar-refractivity contribution in [3.05, 3.63) is 47.0 Å². The van der Waals surface area contributed by atoms with Gasteiger partial charge in [0.25, 0.3) is 5.91 Å². The van der Waals surface area contributed by atoms with Crippen LogP contribution in [0.3, 0.4) is 0 Å². The third kappa shape index (κ3) is 2.70. The van der Waals surface area contributed by atoms with Crippen LogP contribution in [0.25, 0.3) is 11.1 Å². The monoisotopic (exact) mass is 291 g/mol. The first kappa shape index (κ1) is 14.2. The van der Waals surface area contributed by atoms with Crippen molar-refractivity contribution in [1.29, 1.82) is 0 Å². The lowest BCUT2D eigenvalue weighted by Crippen LogP contribution is -2.12. The van der Waals surface area contributed by atoms with Crippen LogP contribution in [0.4, 0.5) is 0 Å². The maximum absolute atomic E-state index is 11.3. The highest BCUT2D eigenvalue weighted by Crippen LogP contribution is 2.35. The first-order chi connectivity index (χ1) is 9.56. The molecule has 0 unspecified atom stereocenters. The fourth-order valence-corrected chi connectivity index (χ4v) is 2.14. The summed E-state index contributed by atoms with van der Waals surface area (Å²) in [7, 11) is 3.07. The number of hydrogen-bond donors (Lipinski definition) is 1. The molecule has 0 bridgehead atoms. The number of nitrogens with two attached hydrogens (primary N) is 1. The van der Waals surface area contributed by atoms with E-state index in [1.807, 2.05) is 0 Å². The van der Waals surface area contributed by atoms with Gasteiger partial charge in [-0.15, -0.1) is 0 Å². The van der Waals surface area contributed by atoms with Gasteiger partial charge in [-0.2, -0.15) is 0 Å². The number of carbonyl (C=O) groups is 1. The molecule has 2 aromatic carbocycles. The lowest BCUT2D eigenvalue weighted by Gasteiger charge is -2.12.